The van der Waals surface area contributed by atoms with Crippen LogP contribution in [-0.2, 0) is 6.54 Å². The van der Waals surface area contributed by atoms with Gasteiger partial charge in [0.05, 0.1) is 12.2 Å². The first-order valence-corrected chi connectivity index (χ1v) is 8.67. The zero-order valence-corrected chi connectivity index (χ0v) is 14.4. The first kappa shape index (κ1) is 16.9. The minimum Gasteiger partial charge on any atom is -0.370 e. The molecule has 0 aliphatic carbocycles. The first-order valence-electron chi connectivity index (χ1n) is 8.67. The number of pyridine rings is 1. The molecule has 2 heterocycles. The van der Waals surface area contributed by atoms with Crippen molar-refractivity contribution in [3.8, 4) is 11.4 Å². The average molecular weight is 333 g/mol. The van der Waals surface area contributed by atoms with Crippen LogP contribution in [-0.4, -0.2) is 21.5 Å². The van der Waals surface area contributed by atoms with E-state index in [1.54, 1.807) is 6.20 Å². The van der Waals surface area contributed by atoms with E-state index < -0.39 is 0 Å². The summed E-state index contributed by atoms with van der Waals surface area (Å²) in [7, 11) is 0. The lowest BCUT2D eigenvalue weighted by molar-refractivity contribution is 0.830. The molecule has 0 aliphatic heterocycles. The van der Waals surface area contributed by atoms with Gasteiger partial charge in [0, 0.05) is 24.4 Å². The zero-order valence-electron chi connectivity index (χ0n) is 14.4. The largest absolute Gasteiger partial charge is 0.370 e. The molecule has 1 aromatic carbocycles. The summed E-state index contributed by atoms with van der Waals surface area (Å²) in [4.78, 5) is 13.6. The molecule has 128 valence electrons. The Morgan fingerprint density at radius 2 is 1.64 bits per heavy atom. The number of rotatable bonds is 8. The lowest BCUT2D eigenvalue weighted by Crippen LogP contribution is -2.08. The predicted molar refractivity (Wildman–Crippen MR) is 102 cm³/mol. The number of benzene rings is 1. The van der Waals surface area contributed by atoms with E-state index >= 15 is 0 Å². The van der Waals surface area contributed by atoms with E-state index in [1.165, 1.54) is 0 Å². The Morgan fingerprint density at radius 1 is 0.880 bits per heavy atom. The second-order valence-electron chi connectivity index (χ2n) is 5.78. The van der Waals surface area contributed by atoms with Crippen molar-refractivity contribution in [2.24, 2.45) is 0 Å². The zero-order chi connectivity index (χ0) is 17.3. The standard InChI is InChI=1S/C20H23N5/c1-2-3-12-22-18-14-19(23-15-17-11-7-8-13-21-17)25-20(24-18)16-9-5-4-6-10-16/h4-11,13-14H,2-3,12,15H2,1H3,(H2,22,23,24,25). The van der Waals surface area contributed by atoms with Crippen LogP contribution in [0.4, 0.5) is 11.6 Å². The van der Waals surface area contributed by atoms with Gasteiger partial charge in [-0.15, -0.1) is 0 Å². The second kappa shape index (κ2) is 8.78. The van der Waals surface area contributed by atoms with Gasteiger partial charge in [-0.2, -0.15) is 0 Å². The van der Waals surface area contributed by atoms with E-state index in [0.717, 1.165) is 42.3 Å². The molecule has 5 nitrogen and oxygen atoms in total. The highest BCUT2D eigenvalue weighted by molar-refractivity contribution is 5.61. The highest BCUT2D eigenvalue weighted by Crippen LogP contribution is 2.20. The maximum absolute atomic E-state index is 4.66. The normalized spacial score (nSPS) is 10.4. The number of hydrogen-bond acceptors (Lipinski definition) is 5. The molecular formula is C20H23N5. The fourth-order valence-corrected chi connectivity index (χ4v) is 2.42. The van der Waals surface area contributed by atoms with Crippen LogP contribution in [0.2, 0.25) is 0 Å². The minimum atomic E-state index is 0.625. The Hall–Kier alpha value is -2.95. The van der Waals surface area contributed by atoms with Crippen molar-refractivity contribution in [3.05, 3.63) is 66.5 Å². The van der Waals surface area contributed by atoms with Crippen LogP contribution in [0.15, 0.2) is 60.8 Å². The summed E-state index contributed by atoms with van der Waals surface area (Å²) in [5, 5.41) is 6.74. The first-order chi connectivity index (χ1) is 12.3. The van der Waals surface area contributed by atoms with E-state index in [9.17, 15) is 0 Å². The van der Waals surface area contributed by atoms with Crippen LogP contribution in [0.1, 0.15) is 25.5 Å². The summed E-state index contributed by atoms with van der Waals surface area (Å²) in [5.41, 5.74) is 1.98. The lowest BCUT2D eigenvalue weighted by atomic mass is 10.2. The molecule has 2 aromatic heterocycles. The molecule has 0 radical (unpaired) electrons. The molecule has 0 saturated heterocycles. The highest BCUT2D eigenvalue weighted by Gasteiger charge is 2.07. The molecule has 0 amide bonds. The number of aromatic nitrogens is 3. The minimum absolute atomic E-state index is 0.625. The third-order valence-corrected chi connectivity index (χ3v) is 3.77. The van der Waals surface area contributed by atoms with Crippen molar-refractivity contribution in [3.63, 3.8) is 0 Å². The molecule has 0 unspecified atom stereocenters. The fourth-order valence-electron chi connectivity index (χ4n) is 2.42. The van der Waals surface area contributed by atoms with E-state index in [4.69, 9.17) is 0 Å². The quantitative estimate of drug-likeness (QED) is 0.600. The summed E-state index contributed by atoms with van der Waals surface area (Å²) in [6.07, 6.45) is 4.06. The third-order valence-electron chi connectivity index (χ3n) is 3.77. The van der Waals surface area contributed by atoms with Gasteiger partial charge in [0.25, 0.3) is 0 Å². The smallest absolute Gasteiger partial charge is 0.163 e. The van der Waals surface area contributed by atoms with E-state index in [2.05, 4.69) is 32.5 Å². The van der Waals surface area contributed by atoms with E-state index in [1.807, 2.05) is 54.6 Å². The van der Waals surface area contributed by atoms with Crippen molar-refractivity contribution in [1.29, 1.82) is 0 Å². The molecule has 0 bridgehead atoms. The number of nitrogens with one attached hydrogen (secondary N) is 2. The van der Waals surface area contributed by atoms with Crippen LogP contribution in [0, 0.1) is 0 Å². The molecule has 3 aromatic rings. The Labute approximate surface area is 148 Å². The molecule has 0 saturated carbocycles. The number of hydrogen-bond donors (Lipinski definition) is 2. The molecule has 3 rings (SSSR count). The maximum atomic E-state index is 4.66. The summed E-state index contributed by atoms with van der Waals surface area (Å²) >= 11 is 0. The molecule has 25 heavy (non-hydrogen) atoms. The Morgan fingerprint density at radius 3 is 2.36 bits per heavy atom. The summed E-state index contributed by atoms with van der Waals surface area (Å²) in [6.45, 7) is 3.71. The van der Waals surface area contributed by atoms with Crippen LogP contribution < -0.4 is 10.6 Å². The SMILES string of the molecule is CCCCNc1cc(NCc2ccccn2)nc(-c2ccccc2)n1. The maximum Gasteiger partial charge on any atom is 0.163 e. The topological polar surface area (TPSA) is 62.7 Å². The molecular weight excluding hydrogens is 310 g/mol. The Bertz CT molecular complexity index is 775. The van der Waals surface area contributed by atoms with Gasteiger partial charge in [0.15, 0.2) is 5.82 Å². The van der Waals surface area contributed by atoms with Gasteiger partial charge < -0.3 is 10.6 Å². The highest BCUT2D eigenvalue weighted by atomic mass is 15.1. The van der Waals surface area contributed by atoms with Crippen molar-refractivity contribution < 1.29 is 0 Å². The van der Waals surface area contributed by atoms with Crippen molar-refractivity contribution in [1.82, 2.24) is 15.0 Å². The van der Waals surface area contributed by atoms with Crippen molar-refractivity contribution in [2.45, 2.75) is 26.3 Å². The summed E-state index contributed by atoms with van der Waals surface area (Å²) < 4.78 is 0. The van der Waals surface area contributed by atoms with Gasteiger partial charge in [-0.1, -0.05) is 49.7 Å². The molecule has 0 aliphatic rings. The van der Waals surface area contributed by atoms with Gasteiger partial charge in [0.1, 0.15) is 11.6 Å². The van der Waals surface area contributed by atoms with Gasteiger partial charge in [0.2, 0.25) is 0 Å². The average Bonchev–Trinajstić information content (AvgIpc) is 2.68. The molecule has 0 atom stereocenters. The van der Waals surface area contributed by atoms with Gasteiger partial charge in [-0.05, 0) is 18.6 Å². The Balaban J connectivity index is 1.81. The number of anilines is 2. The molecule has 2 N–H and O–H groups in total. The second-order valence-corrected chi connectivity index (χ2v) is 5.78. The van der Waals surface area contributed by atoms with Crippen LogP contribution in [0.3, 0.4) is 0 Å². The predicted octanol–water partition coefficient (Wildman–Crippen LogP) is 4.36. The monoisotopic (exact) mass is 333 g/mol. The van der Waals surface area contributed by atoms with Gasteiger partial charge >= 0.3 is 0 Å². The molecule has 0 fully saturated rings. The summed E-state index contributed by atoms with van der Waals surface area (Å²) in [6, 6.07) is 17.9. The third kappa shape index (κ3) is 5.01. The lowest BCUT2D eigenvalue weighted by Gasteiger charge is -2.11. The van der Waals surface area contributed by atoms with Crippen LogP contribution in [0.5, 0.6) is 0 Å². The molecule has 5 heteroatoms. The molecule has 0 spiro atoms. The number of nitrogens with zero attached hydrogens (tertiary/aromatic N) is 3. The van der Waals surface area contributed by atoms with E-state index in [0.29, 0.717) is 12.4 Å². The van der Waals surface area contributed by atoms with Gasteiger partial charge in [-0.25, -0.2) is 9.97 Å². The number of unbranched alkanes of at least 4 members (excludes halogenated alkanes) is 1. The van der Waals surface area contributed by atoms with Crippen molar-refractivity contribution >= 4 is 11.6 Å². The Kier molecular flexibility index (Phi) is 5.93. The van der Waals surface area contributed by atoms with Crippen molar-refractivity contribution in [2.75, 3.05) is 17.2 Å². The van der Waals surface area contributed by atoms with E-state index in [-0.39, 0.29) is 0 Å². The summed E-state index contributed by atoms with van der Waals surface area (Å²) in [5.74, 6) is 2.34. The van der Waals surface area contributed by atoms with Crippen LogP contribution >= 0.6 is 0 Å². The van der Waals surface area contributed by atoms with Crippen LogP contribution in [0.25, 0.3) is 11.4 Å². The van der Waals surface area contributed by atoms with Gasteiger partial charge in [-0.3, -0.25) is 4.98 Å². The fraction of sp³-hybridized carbons (Fsp3) is 0.250.